The van der Waals surface area contributed by atoms with Crippen molar-refractivity contribution in [3.63, 3.8) is 0 Å². The van der Waals surface area contributed by atoms with Crippen LogP contribution in [-0.2, 0) is 14.3 Å². The molecule has 1 saturated heterocycles. The van der Waals surface area contributed by atoms with Gasteiger partial charge in [0, 0.05) is 6.42 Å². The molecule has 1 heterocycles. The van der Waals surface area contributed by atoms with Gasteiger partial charge >= 0.3 is 0 Å². The molecule has 1 aliphatic rings. The summed E-state index contributed by atoms with van der Waals surface area (Å²) in [7, 11) is 0. The molecular weight excluding hydrogens is 971 g/mol. The lowest BCUT2D eigenvalue weighted by Gasteiger charge is -2.40. The highest BCUT2D eigenvalue weighted by Crippen LogP contribution is 2.23. The third-order valence-electron chi connectivity index (χ3n) is 14.6. The Morgan fingerprint density at radius 3 is 1.23 bits per heavy atom. The lowest BCUT2D eigenvalue weighted by Crippen LogP contribution is -2.60. The Morgan fingerprint density at radius 1 is 0.449 bits per heavy atom. The first kappa shape index (κ1) is 72.9. The fraction of sp³-hybridized carbons (Fsp3) is 0.725. The van der Waals surface area contributed by atoms with Crippen molar-refractivity contribution in [3.8, 4) is 0 Å². The van der Waals surface area contributed by atoms with Crippen LogP contribution in [0.1, 0.15) is 264 Å². The largest absolute Gasteiger partial charge is 0.394 e. The summed E-state index contributed by atoms with van der Waals surface area (Å²) in [4.78, 5) is 13.1. The Kier molecular flexibility index (Phi) is 53.3. The molecule has 0 spiro atoms. The van der Waals surface area contributed by atoms with Crippen molar-refractivity contribution in [3.05, 3.63) is 109 Å². The van der Waals surface area contributed by atoms with E-state index in [1.54, 1.807) is 6.08 Å². The zero-order valence-electron chi connectivity index (χ0n) is 49.9. The molecule has 0 aromatic carbocycles. The molecule has 0 bridgehead atoms. The quantitative estimate of drug-likeness (QED) is 0.0261. The van der Waals surface area contributed by atoms with Crippen LogP contribution < -0.4 is 5.32 Å². The predicted octanol–water partition coefficient (Wildman–Crippen LogP) is 16.9. The highest BCUT2D eigenvalue weighted by molar-refractivity contribution is 5.76. The Balaban J connectivity index is 2.15. The monoisotopic (exact) mass is 1090 g/mol. The van der Waals surface area contributed by atoms with Crippen molar-refractivity contribution >= 4 is 5.91 Å². The maximum atomic E-state index is 13.1. The molecule has 6 N–H and O–H groups in total. The number of hydrogen-bond donors (Lipinski definition) is 6. The first-order valence-electron chi connectivity index (χ1n) is 32.1. The van der Waals surface area contributed by atoms with Crippen molar-refractivity contribution in [2.75, 3.05) is 13.2 Å². The van der Waals surface area contributed by atoms with Gasteiger partial charge in [0.2, 0.25) is 5.91 Å². The van der Waals surface area contributed by atoms with Gasteiger partial charge < -0.3 is 40.3 Å². The van der Waals surface area contributed by atoms with Gasteiger partial charge in [-0.05, 0) is 89.9 Å². The van der Waals surface area contributed by atoms with E-state index in [0.29, 0.717) is 6.42 Å². The van der Waals surface area contributed by atoms with Crippen LogP contribution in [-0.4, -0.2) is 87.5 Å². The number of rotatable bonds is 54. The SMILES string of the molecule is CC/C=C\C/C=C\C/C=C\C/C=C\C/C=C\C/C=C\C/C=C\CCCCCCCCCCCCCCCCCC(=O)NC(COC1OC(CO)C(O)C(O)C1O)C(O)/C=C/CC/C=C/CCCCCCCCCCCCCC. The molecule has 1 amide bonds. The maximum absolute atomic E-state index is 13.1. The fourth-order valence-electron chi connectivity index (χ4n) is 9.57. The summed E-state index contributed by atoms with van der Waals surface area (Å²) in [5, 5.41) is 54.6. The van der Waals surface area contributed by atoms with Gasteiger partial charge in [-0.15, -0.1) is 0 Å². The topological polar surface area (TPSA) is 149 Å². The van der Waals surface area contributed by atoms with Crippen LogP contribution in [0.3, 0.4) is 0 Å². The zero-order chi connectivity index (χ0) is 56.5. The van der Waals surface area contributed by atoms with E-state index in [2.05, 4.69) is 116 Å². The number of carbonyl (C=O) groups is 1. The number of aliphatic hydroxyl groups is 5. The van der Waals surface area contributed by atoms with Gasteiger partial charge in [-0.2, -0.15) is 0 Å². The second-order valence-electron chi connectivity index (χ2n) is 21.8. The van der Waals surface area contributed by atoms with Crippen LogP contribution in [0, 0.1) is 0 Å². The Bertz CT molecular complexity index is 1590. The molecule has 0 radical (unpaired) electrons. The summed E-state index contributed by atoms with van der Waals surface area (Å²) in [6.07, 6.45) is 77.4. The normalized spacial score (nSPS) is 19.4. The third kappa shape index (κ3) is 45.6. The van der Waals surface area contributed by atoms with Crippen LogP contribution in [0.2, 0.25) is 0 Å². The maximum Gasteiger partial charge on any atom is 0.220 e. The minimum atomic E-state index is -1.58. The summed E-state index contributed by atoms with van der Waals surface area (Å²) >= 11 is 0. The Morgan fingerprint density at radius 2 is 0.808 bits per heavy atom. The molecule has 9 heteroatoms. The number of hydrogen-bond acceptors (Lipinski definition) is 8. The van der Waals surface area contributed by atoms with E-state index in [4.69, 9.17) is 9.47 Å². The van der Waals surface area contributed by atoms with E-state index >= 15 is 0 Å². The zero-order valence-corrected chi connectivity index (χ0v) is 49.9. The average Bonchev–Trinajstić information content (AvgIpc) is 3.45. The van der Waals surface area contributed by atoms with E-state index in [-0.39, 0.29) is 12.5 Å². The summed E-state index contributed by atoms with van der Waals surface area (Å²) in [6, 6.07) is -0.828. The third-order valence-corrected chi connectivity index (χ3v) is 14.6. The molecule has 78 heavy (non-hydrogen) atoms. The van der Waals surface area contributed by atoms with Crippen LogP contribution in [0.25, 0.3) is 0 Å². The summed E-state index contributed by atoms with van der Waals surface area (Å²) in [6.45, 7) is 3.66. The van der Waals surface area contributed by atoms with Crippen molar-refractivity contribution in [1.82, 2.24) is 5.32 Å². The minimum absolute atomic E-state index is 0.189. The summed E-state index contributed by atoms with van der Waals surface area (Å²) in [5.41, 5.74) is 0. The minimum Gasteiger partial charge on any atom is -0.394 e. The van der Waals surface area contributed by atoms with Crippen molar-refractivity contribution in [2.45, 2.75) is 307 Å². The molecule has 0 aliphatic carbocycles. The van der Waals surface area contributed by atoms with Gasteiger partial charge in [0.05, 0.1) is 25.4 Å². The van der Waals surface area contributed by atoms with E-state index in [1.807, 2.05) is 6.08 Å². The number of ether oxygens (including phenoxy) is 2. The average molecular weight is 1090 g/mol. The molecule has 448 valence electrons. The predicted molar refractivity (Wildman–Crippen MR) is 331 cm³/mol. The highest BCUT2D eigenvalue weighted by atomic mass is 16.7. The van der Waals surface area contributed by atoms with Gasteiger partial charge in [0.1, 0.15) is 24.4 Å². The van der Waals surface area contributed by atoms with Gasteiger partial charge in [-0.1, -0.05) is 277 Å². The van der Waals surface area contributed by atoms with Gasteiger partial charge in [-0.25, -0.2) is 0 Å². The lowest BCUT2D eigenvalue weighted by molar-refractivity contribution is -0.302. The van der Waals surface area contributed by atoms with Gasteiger partial charge in [-0.3, -0.25) is 4.79 Å². The molecule has 9 nitrogen and oxygen atoms in total. The first-order chi connectivity index (χ1) is 38.3. The van der Waals surface area contributed by atoms with Gasteiger partial charge in [0.25, 0.3) is 0 Å². The second-order valence-corrected chi connectivity index (χ2v) is 21.8. The number of carbonyl (C=O) groups excluding carboxylic acids is 1. The van der Waals surface area contributed by atoms with E-state index < -0.39 is 49.5 Å². The second kappa shape index (κ2) is 57.1. The van der Waals surface area contributed by atoms with E-state index in [0.717, 1.165) is 83.5 Å². The van der Waals surface area contributed by atoms with Crippen LogP contribution in [0.4, 0.5) is 0 Å². The van der Waals surface area contributed by atoms with E-state index in [9.17, 15) is 30.3 Å². The number of amides is 1. The summed E-state index contributed by atoms with van der Waals surface area (Å²) < 4.78 is 11.3. The molecule has 1 rings (SSSR count). The number of aliphatic hydroxyl groups excluding tert-OH is 5. The number of allylic oxidation sites excluding steroid dienone is 17. The Hall–Kier alpha value is -3.15. The van der Waals surface area contributed by atoms with E-state index in [1.165, 1.54) is 161 Å². The van der Waals surface area contributed by atoms with Crippen LogP contribution in [0.15, 0.2) is 109 Å². The molecule has 0 aromatic heterocycles. The molecule has 7 atom stereocenters. The Labute approximate surface area is 478 Å². The molecule has 0 aromatic rings. The highest BCUT2D eigenvalue weighted by Gasteiger charge is 2.44. The molecular formula is C69H119NO8. The lowest BCUT2D eigenvalue weighted by atomic mass is 9.99. The summed E-state index contributed by atoms with van der Waals surface area (Å²) in [5.74, 6) is -0.189. The van der Waals surface area contributed by atoms with Crippen molar-refractivity contribution in [1.29, 1.82) is 0 Å². The molecule has 1 fully saturated rings. The first-order valence-corrected chi connectivity index (χ1v) is 32.1. The van der Waals surface area contributed by atoms with Crippen molar-refractivity contribution in [2.24, 2.45) is 0 Å². The standard InChI is InChI=1S/C69H119NO8/c1-3-5-7-9-11-13-15-17-19-21-23-24-25-26-27-28-29-30-31-32-33-34-35-36-37-38-39-40-41-43-45-47-49-51-53-55-57-59-65(73)70-62(61-77-69-68(76)67(75)66(74)64(60-71)78-69)63(72)58-56-54-52-50-48-46-44-42-22-20-18-16-14-12-10-8-6-4-2/h5,7,11,13,17,19,23-24,26-27,29-30,32-33,48,50,56,58,62-64,66-69,71-72,74-76H,3-4,6,8-10,12,14-16,18,20-22,25,28,31,34-47,49,51-55,57,59-61H2,1-2H3,(H,70,73)/b7-5-,13-11-,19-17-,24-23-,27-26-,30-29-,33-32-,50-48+,58-56+. The smallest absolute Gasteiger partial charge is 0.220 e. The molecule has 1 aliphatic heterocycles. The van der Waals surface area contributed by atoms with Crippen molar-refractivity contribution < 1.29 is 39.8 Å². The molecule has 7 unspecified atom stereocenters. The van der Waals surface area contributed by atoms with Gasteiger partial charge in [0.15, 0.2) is 6.29 Å². The van der Waals surface area contributed by atoms with Crippen LogP contribution >= 0.6 is 0 Å². The number of unbranched alkanes of at least 4 members (excludes halogenated alkanes) is 28. The number of nitrogens with one attached hydrogen (secondary N) is 1. The van der Waals surface area contributed by atoms with Crippen LogP contribution in [0.5, 0.6) is 0 Å². The fourth-order valence-corrected chi connectivity index (χ4v) is 9.57. The molecule has 0 saturated carbocycles.